The summed E-state index contributed by atoms with van der Waals surface area (Å²) in [4.78, 5) is 20.4. The third-order valence-corrected chi connectivity index (χ3v) is 3.61. The molecule has 0 saturated carbocycles. The van der Waals surface area contributed by atoms with E-state index in [1.54, 1.807) is 0 Å². The summed E-state index contributed by atoms with van der Waals surface area (Å²) in [5.74, 6) is -0.154. The van der Waals surface area contributed by atoms with Crippen molar-refractivity contribution in [2.24, 2.45) is 0 Å². The van der Waals surface area contributed by atoms with E-state index in [1.807, 2.05) is 31.3 Å². The number of methoxy groups -OCH3 is 1. The summed E-state index contributed by atoms with van der Waals surface area (Å²) in [5, 5.41) is 0. The predicted molar refractivity (Wildman–Crippen MR) is 72.6 cm³/mol. The number of rotatable bonds is 4. The Balaban J connectivity index is 1.81. The van der Waals surface area contributed by atoms with Crippen LogP contribution in [0, 0.1) is 0 Å². The second-order valence-electron chi connectivity index (χ2n) is 4.83. The third-order valence-electron chi connectivity index (χ3n) is 3.61. The van der Waals surface area contributed by atoms with Crippen LogP contribution in [0.25, 0.3) is 0 Å². The van der Waals surface area contributed by atoms with Gasteiger partial charge in [0.25, 0.3) is 0 Å². The molecule has 0 aromatic carbocycles. The molecule has 1 aliphatic heterocycles. The number of hydrogen-bond acceptors (Lipinski definition) is 5. The van der Waals surface area contributed by atoms with Crippen molar-refractivity contribution in [3.8, 4) is 0 Å². The molecule has 19 heavy (non-hydrogen) atoms. The van der Waals surface area contributed by atoms with Crippen molar-refractivity contribution in [3.05, 3.63) is 30.1 Å². The average Bonchev–Trinajstić information content (AvgIpc) is 2.47. The lowest BCUT2D eigenvalue weighted by Crippen LogP contribution is -2.51. The zero-order valence-electron chi connectivity index (χ0n) is 11.6. The van der Waals surface area contributed by atoms with E-state index in [9.17, 15) is 4.79 Å². The van der Waals surface area contributed by atoms with Gasteiger partial charge in [0.1, 0.15) is 6.04 Å². The topological polar surface area (TPSA) is 45.7 Å². The van der Waals surface area contributed by atoms with Gasteiger partial charge in [0.2, 0.25) is 0 Å². The molecule has 5 nitrogen and oxygen atoms in total. The molecule has 5 heteroatoms. The highest BCUT2D eigenvalue weighted by atomic mass is 16.5. The van der Waals surface area contributed by atoms with Gasteiger partial charge in [0.05, 0.1) is 12.8 Å². The molecule has 104 valence electrons. The lowest BCUT2D eigenvalue weighted by atomic mass is 10.2. The summed E-state index contributed by atoms with van der Waals surface area (Å²) in [5.41, 5.74) is 1.09. The number of nitrogens with zero attached hydrogens (tertiary/aromatic N) is 3. The van der Waals surface area contributed by atoms with Crippen molar-refractivity contribution in [1.29, 1.82) is 0 Å². The number of esters is 1. The molecule has 1 unspecified atom stereocenters. The molecule has 0 amide bonds. The molecular weight excluding hydrogens is 242 g/mol. The Hall–Kier alpha value is -1.46. The van der Waals surface area contributed by atoms with Gasteiger partial charge in [-0.3, -0.25) is 19.6 Å². The first-order valence-corrected chi connectivity index (χ1v) is 6.65. The van der Waals surface area contributed by atoms with E-state index >= 15 is 0 Å². The van der Waals surface area contributed by atoms with Crippen molar-refractivity contribution < 1.29 is 9.53 Å². The van der Waals surface area contributed by atoms with E-state index in [-0.39, 0.29) is 12.0 Å². The summed E-state index contributed by atoms with van der Waals surface area (Å²) in [6.07, 6.45) is 1.82. The molecule has 0 N–H and O–H groups in total. The third kappa shape index (κ3) is 3.75. The number of hydrogen-bond donors (Lipinski definition) is 0. The fraction of sp³-hybridized carbons (Fsp3) is 0.571. The van der Waals surface area contributed by atoms with Crippen LogP contribution in [0.1, 0.15) is 12.6 Å². The Labute approximate surface area is 114 Å². The number of ether oxygens (including phenoxy) is 1. The van der Waals surface area contributed by atoms with Crippen LogP contribution < -0.4 is 0 Å². The van der Waals surface area contributed by atoms with Crippen LogP contribution in [0.4, 0.5) is 0 Å². The minimum atomic E-state index is -0.154. The lowest BCUT2D eigenvalue weighted by molar-refractivity contribution is -0.147. The first-order chi connectivity index (χ1) is 9.20. The normalized spacial score (nSPS) is 19.1. The van der Waals surface area contributed by atoms with Crippen LogP contribution in [0.15, 0.2) is 24.4 Å². The van der Waals surface area contributed by atoms with Crippen LogP contribution >= 0.6 is 0 Å². The Morgan fingerprint density at radius 1 is 1.37 bits per heavy atom. The molecular formula is C14H21N3O2. The Morgan fingerprint density at radius 2 is 2.11 bits per heavy atom. The maximum absolute atomic E-state index is 11.5. The Kier molecular flexibility index (Phi) is 4.87. The SMILES string of the molecule is COC(=O)C(C)N1CCN(Cc2ccccn2)CC1. The summed E-state index contributed by atoms with van der Waals surface area (Å²) in [7, 11) is 1.44. The van der Waals surface area contributed by atoms with Gasteiger partial charge in [-0.1, -0.05) is 6.07 Å². The van der Waals surface area contributed by atoms with E-state index in [0.717, 1.165) is 38.4 Å². The van der Waals surface area contributed by atoms with Gasteiger partial charge in [0, 0.05) is 38.9 Å². The first-order valence-electron chi connectivity index (χ1n) is 6.65. The fourth-order valence-corrected chi connectivity index (χ4v) is 2.35. The van der Waals surface area contributed by atoms with Crippen molar-refractivity contribution in [3.63, 3.8) is 0 Å². The van der Waals surface area contributed by atoms with E-state index in [2.05, 4.69) is 14.8 Å². The molecule has 0 bridgehead atoms. The fourth-order valence-electron chi connectivity index (χ4n) is 2.35. The number of carbonyl (C=O) groups excluding carboxylic acids is 1. The maximum Gasteiger partial charge on any atom is 0.322 e. The molecule has 0 spiro atoms. The van der Waals surface area contributed by atoms with Gasteiger partial charge < -0.3 is 4.74 Å². The number of aromatic nitrogens is 1. The highest BCUT2D eigenvalue weighted by Gasteiger charge is 2.25. The largest absolute Gasteiger partial charge is 0.468 e. The molecule has 1 aromatic rings. The van der Waals surface area contributed by atoms with Crippen molar-refractivity contribution in [2.45, 2.75) is 19.5 Å². The summed E-state index contributed by atoms with van der Waals surface area (Å²) in [6.45, 7) is 6.48. The van der Waals surface area contributed by atoms with Gasteiger partial charge in [-0.05, 0) is 19.1 Å². The monoisotopic (exact) mass is 263 g/mol. The quantitative estimate of drug-likeness (QED) is 0.751. The second-order valence-corrected chi connectivity index (χ2v) is 4.83. The average molecular weight is 263 g/mol. The summed E-state index contributed by atoms with van der Waals surface area (Å²) >= 11 is 0. The van der Waals surface area contributed by atoms with Crippen molar-refractivity contribution >= 4 is 5.97 Å². The smallest absolute Gasteiger partial charge is 0.322 e. The minimum absolute atomic E-state index is 0.151. The number of piperazine rings is 1. The van der Waals surface area contributed by atoms with Gasteiger partial charge in [-0.2, -0.15) is 0 Å². The second kappa shape index (κ2) is 6.63. The minimum Gasteiger partial charge on any atom is -0.468 e. The molecule has 0 aliphatic carbocycles. The number of carbonyl (C=O) groups is 1. The molecule has 1 fully saturated rings. The molecule has 2 heterocycles. The molecule has 1 atom stereocenters. The molecule has 2 rings (SSSR count). The van der Waals surface area contributed by atoms with Crippen LogP contribution in [-0.4, -0.2) is 60.1 Å². The van der Waals surface area contributed by atoms with E-state index < -0.39 is 0 Å². The van der Waals surface area contributed by atoms with Crippen LogP contribution in [-0.2, 0) is 16.1 Å². The van der Waals surface area contributed by atoms with Crippen molar-refractivity contribution in [2.75, 3.05) is 33.3 Å². The van der Waals surface area contributed by atoms with Gasteiger partial charge in [-0.15, -0.1) is 0 Å². The maximum atomic E-state index is 11.5. The summed E-state index contributed by atoms with van der Waals surface area (Å²) in [6, 6.07) is 5.84. The molecule has 1 saturated heterocycles. The van der Waals surface area contributed by atoms with E-state index in [4.69, 9.17) is 4.74 Å². The summed E-state index contributed by atoms with van der Waals surface area (Å²) < 4.78 is 4.78. The van der Waals surface area contributed by atoms with Gasteiger partial charge in [-0.25, -0.2) is 0 Å². The van der Waals surface area contributed by atoms with Crippen LogP contribution in [0.2, 0.25) is 0 Å². The van der Waals surface area contributed by atoms with Crippen LogP contribution in [0.3, 0.4) is 0 Å². The highest BCUT2D eigenvalue weighted by molar-refractivity contribution is 5.75. The Morgan fingerprint density at radius 3 is 2.68 bits per heavy atom. The zero-order valence-corrected chi connectivity index (χ0v) is 11.6. The van der Waals surface area contributed by atoms with Crippen molar-refractivity contribution in [1.82, 2.24) is 14.8 Å². The molecule has 1 aromatic heterocycles. The standard InChI is InChI=1S/C14H21N3O2/c1-12(14(18)19-2)17-9-7-16(8-10-17)11-13-5-3-4-6-15-13/h3-6,12H,7-11H2,1-2H3. The van der Waals surface area contributed by atoms with Gasteiger partial charge in [0.15, 0.2) is 0 Å². The predicted octanol–water partition coefficient (Wildman–Crippen LogP) is 0.761. The van der Waals surface area contributed by atoms with Gasteiger partial charge >= 0.3 is 5.97 Å². The number of pyridine rings is 1. The molecule has 1 aliphatic rings. The van der Waals surface area contributed by atoms with E-state index in [1.165, 1.54) is 7.11 Å². The van der Waals surface area contributed by atoms with Crippen LogP contribution in [0.5, 0.6) is 0 Å². The van der Waals surface area contributed by atoms with E-state index in [0.29, 0.717) is 0 Å². The Bertz CT molecular complexity index is 402. The molecule has 0 radical (unpaired) electrons. The highest BCUT2D eigenvalue weighted by Crippen LogP contribution is 2.10. The first kappa shape index (κ1) is 14.0. The zero-order chi connectivity index (χ0) is 13.7. The lowest BCUT2D eigenvalue weighted by Gasteiger charge is -2.36.